The lowest BCUT2D eigenvalue weighted by Gasteiger charge is -2.28. The molecule has 0 unspecified atom stereocenters. The standard InChI is InChI=1S/C21H24FNO/c1-15-7-12-19(14-20(15)22)23-21(24)13-16-8-10-18(11-9-16)17-5-3-2-4-6-17/h2-7,12,14,16,18H,8-11,13H2,1H3,(H,23,24). The van der Waals surface area contributed by atoms with Gasteiger partial charge in [0, 0.05) is 12.1 Å². The van der Waals surface area contributed by atoms with Crippen molar-refractivity contribution in [3.63, 3.8) is 0 Å². The van der Waals surface area contributed by atoms with E-state index in [0.717, 1.165) is 25.7 Å². The Morgan fingerprint density at radius 3 is 2.46 bits per heavy atom. The van der Waals surface area contributed by atoms with Gasteiger partial charge in [0.05, 0.1) is 0 Å². The quantitative estimate of drug-likeness (QED) is 0.797. The number of hydrogen-bond acceptors (Lipinski definition) is 1. The molecular formula is C21H24FNO. The van der Waals surface area contributed by atoms with Crippen molar-refractivity contribution in [2.75, 3.05) is 5.32 Å². The van der Waals surface area contributed by atoms with E-state index >= 15 is 0 Å². The topological polar surface area (TPSA) is 29.1 Å². The van der Waals surface area contributed by atoms with E-state index in [2.05, 4.69) is 29.6 Å². The monoisotopic (exact) mass is 325 g/mol. The highest BCUT2D eigenvalue weighted by Crippen LogP contribution is 2.37. The zero-order chi connectivity index (χ0) is 16.9. The smallest absolute Gasteiger partial charge is 0.224 e. The Kier molecular flexibility index (Phi) is 5.29. The van der Waals surface area contributed by atoms with Crippen LogP contribution in [0.2, 0.25) is 0 Å². The van der Waals surface area contributed by atoms with Gasteiger partial charge in [0.1, 0.15) is 5.82 Å². The van der Waals surface area contributed by atoms with Crippen molar-refractivity contribution in [1.82, 2.24) is 0 Å². The summed E-state index contributed by atoms with van der Waals surface area (Å²) < 4.78 is 13.5. The molecular weight excluding hydrogens is 301 g/mol. The third-order valence-electron chi connectivity index (χ3n) is 5.05. The van der Waals surface area contributed by atoms with Crippen molar-refractivity contribution in [2.45, 2.75) is 44.9 Å². The molecule has 1 N–H and O–H groups in total. The first-order valence-corrected chi connectivity index (χ1v) is 8.73. The van der Waals surface area contributed by atoms with Gasteiger partial charge in [0.2, 0.25) is 5.91 Å². The van der Waals surface area contributed by atoms with Crippen LogP contribution in [0.5, 0.6) is 0 Å². The van der Waals surface area contributed by atoms with E-state index in [0.29, 0.717) is 29.5 Å². The van der Waals surface area contributed by atoms with Crippen LogP contribution in [0.4, 0.5) is 10.1 Å². The Balaban J connectivity index is 1.49. The van der Waals surface area contributed by atoms with E-state index in [9.17, 15) is 9.18 Å². The second-order valence-corrected chi connectivity index (χ2v) is 6.84. The minimum absolute atomic E-state index is 0.0126. The van der Waals surface area contributed by atoms with E-state index in [-0.39, 0.29) is 11.7 Å². The number of nitrogens with one attached hydrogen (secondary N) is 1. The molecule has 2 nitrogen and oxygen atoms in total. The van der Waals surface area contributed by atoms with Crippen LogP contribution >= 0.6 is 0 Å². The fourth-order valence-electron chi connectivity index (χ4n) is 3.57. The van der Waals surface area contributed by atoms with E-state index in [4.69, 9.17) is 0 Å². The third-order valence-corrected chi connectivity index (χ3v) is 5.05. The number of carbonyl (C=O) groups is 1. The lowest BCUT2D eigenvalue weighted by atomic mass is 9.77. The predicted octanol–water partition coefficient (Wildman–Crippen LogP) is 5.44. The Hall–Kier alpha value is -2.16. The minimum Gasteiger partial charge on any atom is -0.326 e. The molecule has 0 atom stereocenters. The normalized spacial score (nSPS) is 20.6. The van der Waals surface area contributed by atoms with Crippen molar-refractivity contribution in [2.24, 2.45) is 5.92 Å². The summed E-state index contributed by atoms with van der Waals surface area (Å²) in [5.74, 6) is 0.759. The lowest BCUT2D eigenvalue weighted by molar-refractivity contribution is -0.117. The highest BCUT2D eigenvalue weighted by Gasteiger charge is 2.24. The molecule has 1 aliphatic carbocycles. The van der Waals surface area contributed by atoms with Crippen LogP contribution in [0.25, 0.3) is 0 Å². The van der Waals surface area contributed by atoms with E-state index in [1.807, 2.05) is 6.07 Å². The van der Waals surface area contributed by atoms with Gasteiger partial charge >= 0.3 is 0 Å². The third kappa shape index (κ3) is 4.22. The summed E-state index contributed by atoms with van der Waals surface area (Å²) >= 11 is 0. The van der Waals surface area contributed by atoms with Gasteiger partial charge in [-0.3, -0.25) is 4.79 Å². The average molecular weight is 325 g/mol. The summed E-state index contributed by atoms with van der Waals surface area (Å²) in [7, 11) is 0. The van der Waals surface area contributed by atoms with Crippen LogP contribution in [0.15, 0.2) is 48.5 Å². The molecule has 0 radical (unpaired) electrons. The molecule has 0 spiro atoms. The number of hydrogen-bond donors (Lipinski definition) is 1. The summed E-state index contributed by atoms with van der Waals surface area (Å²) in [5.41, 5.74) is 2.55. The maximum atomic E-state index is 13.5. The van der Waals surface area contributed by atoms with Crippen molar-refractivity contribution >= 4 is 11.6 Å². The van der Waals surface area contributed by atoms with Gasteiger partial charge in [-0.1, -0.05) is 36.4 Å². The Morgan fingerprint density at radius 1 is 1.08 bits per heavy atom. The fraction of sp³-hybridized carbons (Fsp3) is 0.381. The van der Waals surface area contributed by atoms with E-state index in [1.54, 1.807) is 19.1 Å². The molecule has 2 aromatic rings. The number of carbonyl (C=O) groups excluding carboxylic acids is 1. The maximum Gasteiger partial charge on any atom is 0.224 e. The molecule has 0 bridgehead atoms. The van der Waals surface area contributed by atoms with E-state index < -0.39 is 0 Å². The first-order chi connectivity index (χ1) is 11.6. The van der Waals surface area contributed by atoms with Gasteiger partial charge in [-0.05, 0) is 67.7 Å². The SMILES string of the molecule is Cc1ccc(NC(=O)CC2CCC(c3ccccc3)CC2)cc1F. The molecule has 0 saturated heterocycles. The number of halogens is 1. The van der Waals surface area contributed by atoms with Crippen LogP contribution in [-0.2, 0) is 4.79 Å². The molecule has 3 heteroatoms. The van der Waals surface area contributed by atoms with Gasteiger partial charge < -0.3 is 5.32 Å². The molecule has 1 amide bonds. The molecule has 24 heavy (non-hydrogen) atoms. The second-order valence-electron chi connectivity index (χ2n) is 6.84. The molecule has 1 fully saturated rings. The number of rotatable bonds is 4. The van der Waals surface area contributed by atoms with Gasteiger partial charge in [-0.15, -0.1) is 0 Å². The fourth-order valence-corrected chi connectivity index (χ4v) is 3.57. The first-order valence-electron chi connectivity index (χ1n) is 8.73. The zero-order valence-corrected chi connectivity index (χ0v) is 14.1. The minimum atomic E-state index is -0.281. The predicted molar refractivity (Wildman–Crippen MR) is 95.5 cm³/mol. The molecule has 2 aromatic carbocycles. The largest absolute Gasteiger partial charge is 0.326 e. The van der Waals surface area contributed by atoms with Crippen LogP contribution in [0.3, 0.4) is 0 Å². The number of amides is 1. The summed E-state index contributed by atoms with van der Waals surface area (Å²) in [6, 6.07) is 15.5. The van der Waals surface area contributed by atoms with Crippen molar-refractivity contribution in [1.29, 1.82) is 0 Å². The lowest BCUT2D eigenvalue weighted by Crippen LogP contribution is -2.20. The Bertz CT molecular complexity index is 690. The summed E-state index contributed by atoms with van der Waals surface area (Å²) in [5, 5.41) is 2.82. The Morgan fingerprint density at radius 2 is 1.79 bits per heavy atom. The van der Waals surface area contributed by atoms with Gasteiger partial charge in [-0.2, -0.15) is 0 Å². The average Bonchev–Trinajstić information content (AvgIpc) is 2.59. The molecule has 1 aliphatic rings. The summed E-state index contributed by atoms with van der Waals surface area (Å²) in [4.78, 5) is 12.2. The summed E-state index contributed by atoms with van der Waals surface area (Å²) in [6.07, 6.45) is 4.96. The molecule has 3 rings (SSSR count). The molecule has 126 valence electrons. The van der Waals surface area contributed by atoms with Crippen LogP contribution in [-0.4, -0.2) is 5.91 Å². The van der Waals surface area contributed by atoms with Crippen molar-refractivity contribution < 1.29 is 9.18 Å². The van der Waals surface area contributed by atoms with Crippen molar-refractivity contribution in [3.8, 4) is 0 Å². The zero-order valence-electron chi connectivity index (χ0n) is 14.1. The van der Waals surface area contributed by atoms with Gasteiger partial charge in [-0.25, -0.2) is 4.39 Å². The second kappa shape index (κ2) is 7.61. The molecule has 0 aromatic heterocycles. The number of benzene rings is 2. The van der Waals surface area contributed by atoms with Crippen LogP contribution in [0.1, 0.15) is 49.1 Å². The highest BCUT2D eigenvalue weighted by molar-refractivity contribution is 5.90. The van der Waals surface area contributed by atoms with E-state index in [1.165, 1.54) is 11.6 Å². The summed E-state index contributed by atoms with van der Waals surface area (Å²) in [6.45, 7) is 1.71. The number of anilines is 1. The van der Waals surface area contributed by atoms with Crippen molar-refractivity contribution in [3.05, 3.63) is 65.5 Å². The Labute approximate surface area is 143 Å². The van der Waals surface area contributed by atoms with Gasteiger partial charge in [0.25, 0.3) is 0 Å². The first kappa shape index (κ1) is 16.7. The molecule has 0 aliphatic heterocycles. The number of aryl methyl sites for hydroxylation is 1. The van der Waals surface area contributed by atoms with Crippen LogP contribution < -0.4 is 5.32 Å². The molecule has 0 heterocycles. The van der Waals surface area contributed by atoms with Gasteiger partial charge in [0.15, 0.2) is 0 Å². The maximum absolute atomic E-state index is 13.5. The van der Waals surface area contributed by atoms with Crippen LogP contribution in [0, 0.1) is 18.7 Å². The molecule has 1 saturated carbocycles. The highest BCUT2D eigenvalue weighted by atomic mass is 19.1.